The minimum absolute atomic E-state index is 0.217. The van der Waals surface area contributed by atoms with Crippen LogP contribution in [-0.4, -0.2) is 22.7 Å². The highest BCUT2D eigenvalue weighted by atomic mass is 32.2. The average Bonchev–Trinajstić information content (AvgIpc) is 2.39. The lowest BCUT2D eigenvalue weighted by Gasteiger charge is -2.23. The number of hydrogen-bond donors (Lipinski definition) is 1. The molecule has 1 aliphatic heterocycles. The minimum atomic E-state index is -0.349. The first-order valence-corrected chi connectivity index (χ1v) is 6.80. The van der Waals surface area contributed by atoms with Gasteiger partial charge in [-0.3, -0.25) is 4.98 Å². The van der Waals surface area contributed by atoms with Crippen LogP contribution in [0.5, 0.6) is 0 Å². The predicted octanol–water partition coefficient (Wildman–Crippen LogP) is 2.02. The van der Waals surface area contributed by atoms with Gasteiger partial charge in [-0.25, -0.2) is 9.79 Å². The summed E-state index contributed by atoms with van der Waals surface area (Å²) in [6, 6.07) is 3.74. The van der Waals surface area contributed by atoms with Crippen LogP contribution in [0.1, 0.15) is 24.7 Å². The Bertz CT molecular complexity index is 540. The molecule has 0 saturated carbocycles. The van der Waals surface area contributed by atoms with Gasteiger partial charge in [0, 0.05) is 12.4 Å². The maximum absolute atomic E-state index is 12.1. The van der Waals surface area contributed by atoms with Crippen molar-refractivity contribution in [2.45, 2.75) is 19.1 Å². The Kier molecular flexibility index (Phi) is 4.21. The Morgan fingerprint density at radius 3 is 3.00 bits per heavy atom. The van der Waals surface area contributed by atoms with Gasteiger partial charge in [0.15, 0.2) is 5.17 Å². The molecule has 1 unspecified atom stereocenters. The van der Waals surface area contributed by atoms with Gasteiger partial charge in [-0.1, -0.05) is 17.8 Å². The fourth-order valence-electron chi connectivity index (χ4n) is 1.85. The van der Waals surface area contributed by atoms with E-state index in [0.717, 1.165) is 5.56 Å². The minimum Gasteiger partial charge on any atom is -0.463 e. The molecule has 2 rings (SSSR count). The number of aromatic nitrogens is 1. The smallest absolute Gasteiger partial charge is 0.337 e. The Hall–Kier alpha value is -1.82. The summed E-state index contributed by atoms with van der Waals surface area (Å²) in [7, 11) is 0. The van der Waals surface area contributed by atoms with E-state index in [0.29, 0.717) is 23.0 Å². The van der Waals surface area contributed by atoms with Crippen LogP contribution < -0.4 is 5.73 Å². The van der Waals surface area contributed by atoms with Crippen molar-refractivity contribution in [3.63, 3.8) is 0 Å². The summed E-state index contributed by atoms with van der Waals surface area (Å²) in [6.07, 6.45) is 3.41. The van der Waals surface area contributed by atoms with E-state index in [1.54, 1.807) is 26.2 Å². The summed E-state index contributed by atoms with van der Waals surface area (Å²) in [5.41, 5.74) is 7.84. The molecule has 19 heavy (non-hydrogen) atoms. The van der Waals surface area contributed by atoms with Gasteiger partial charge < -0.3 is 10.5 Å². The summed E-state index contributed by atoms with van der Waals surface area (Å²) in [6.45, 7) is 3.88. The van der Waals surface area contributed by atoms with Gasteiger partial charge in [0.2, 0.25) is 0 Å². The quantitative estimate of drug-likeness (QED) is 0.855. The van der Waals surface area contributed by atoms with E-state index in [4.69, 9.17) is 10.5 Å². The van der Waals surface area contributed by atoms with Crippen molar-refractivity contribution in [1.29, 1.82) is 0 Å². The SMILES string of the molecule is CCOC(=O)C1=C(C)N=C(N)SC1c1cccnc1. The van der Waals surface area contributed by atoms with Gasteiger partial charge >= 0.3 is 5.97 Å². The van der Waals surface area contributed by atoms with Crippen molar-refractivity contribution in [2.24, 2.45) is 10.7 Å². The fraction of sp³-hybridized carbons (Fsp3) is 0.308. The number of aliphatic imine (C=N–C) groups is 1. The van der Waals surface area contributed by atoms with Gasteiger partial charge in [0.25, 0.3) is 0 Å². The molecule has 2 heterocycles. The second-order valence-corrected chi connectivity index (χ2v) is 5.08. The standard InChI is InChI=1S/C13H15N3O2S/c1-3-18-12(17)10-8(2)16-13(14)19-11(10)9-5-4-6-15-7-9/h4-7,11H,3H2,1-2H3,(H2,14,16). The van der Waals surface area contributed by atoms with Crippen LogP contribution in [0.4, 0.5) is 0 Å². The molecule has 1 aromatic heterocycles. The van der Waals surface area contributed by atoms with Crippen molar-refractivity contribution in [1.82, 2.24) is 4.98 Å². The lowest BCUT2D eigenvalue weighted by molar-refractivity contribution is -0.138. The first-order chi connectivity index (χ1) is 9.13. The topological polar surface area (TPSA) is 77.6 Å². The average molecular weight is 277 g/mol. The largest absolute Gasteiger partial charge is 0.463 e. The monoisotopic (exact) mass is 277 g/mol. The zero-order valence-corrected chi connectivity index (χ0v) is 11.6. The van der Waals surface area contributed by atoms with Crippen LogP contribution in [0.2, 0.25) is 0 Å². The van der Waals surface area contributed by atoms with Gasteiger partial charge in [0.1, 0.15) is 0 Å². The Morgan fingerprint density at radius 1 is 1.58 bits per heavy atom. The number of carbonyl (C=O) groups is 1. The van der Waals surface area contributed by atoms with Crippen LogP contribution in [0.15, 0.2) is 40.8 Å². The van der Waals surface area contributed by atoms with Crippen LogP contribution in [-0.2, 0) is 9.53 Å². The third kappa shape index (κ3) is 2.96. The van der Waals surface area contributed by atoms with E-state index in [2.05, 4.69) is 9.98 Å². The van der Waals surface area contributed by atoms with E-state index in [-0.39, 0.29) is 11.2 Å². The lowest BCUT2D eigenvalue weighted by Crippen LogP contribution is -2.22. The summed E-state index contributed by atoms with van der Waals surface area (Å²) in [5, 5.41) is 0.227. The van der Waals surface area contributed by atoms with Gasteiger partial charge in [0.05, 0.1) is 23.1 Å². The van der Waals surface area contributed by atoms with Crippen molar-refractivity contribution in [3.05, 3.63) is 41.4 Å². The second-order valence-electron chi connectivity index (χ2n) is 3.95. The Labute approximate surface area is 116 Å². The highest BCUT2D eigenvalue weighted by molar-refractivity contribution is 8.14. The summed E-state index contributed by atoms with van der Waals surface area (Å²) in [4.78, 5) is 20.3. The molecule has 0 aromatic carbocycles. The first-order valence-electron chi connectivity index (χ1n) is 5.92. The van der Waals surface area contributed by atoms with Crippen LogP contribution in [0, 0.1) is 0 Å². The zero-order valence-electron chi connectivity index (χ0n) is 10.8. The maximum Gasteiger partial charge on any atom is 0.337 e. The number of allylic oxidation sites excluding steroid dienone is 1. The summed E-state index contributed by atoms with van der Waals surface area (Å²) >= 11 is 1.33. The second kappa shape index (κ2) is 5.88. The summed E-state index contributed by atoms with van der Waals surface area (Å²) < 4.78 is 5.10. The van der Waals surface area contributed by atoms with Crippen LogP contribution in [0.25, 0.3) is 0 Å². The Morgan fingerprint density at radius 2 is 2.37 bits per heavy atom. The molecular formula is C13H15N3O2S. The van der Waals surface area contributed by atoms with Crippen molar-refractivity contribution >= 4 is 22.9 Å². The molecule has 0 radical (unpaired) electrons. The lowest BCUT2D eigenvalue weighted by atomic mass is 10.0. The number of ether oxygens (including phenoxy) is 1. The van der Waals surface area contributed by atoms with Gasteiger partial charge in [-0.15, -0.1) is 0 Å². The molecule has 0 spiro atoms. The zero-order chi connectivity index (χ0) is 13.8. The van der Waals surface area contributed by atoms with Crippen LogP contribution in [0.3, 0.4) is 0 Å². The molecule has 1 atom stereocenters. The number of thioether (sulfide) groups is 1. The molecule has 5 nitrogen and oxygen atoms in total. The number of pyridine rings is 1. The highest BCUT2D eigenvalue weighted by Crippen LogP contribution is 2.40. The van der Waals surface area contributed by atoms with Crippen LogP contribution >= 0.6 is 11.8 Å². The van der Waals surface area contributed by atoms with Gasteiger partial charge in [-0.2, -0.15) is 0 Å². The third-order valence-electron chi connectivity index (χ3n) is 2.65. The number of nitrogens with zero attached hydrogens (tertiary/aromatic N) is 2. The molecule has 0 bridgehead atoms. The number of amidine groups is 1. The number of rotatable bonds is 3. The molecular weight excluding hydrogens is 262 g/mol. The van der Waals surface area contributed by atoms with Crippen molar-refractivity contribution in [3.8, 4) is 0 Å². The fourth-order valence-corrected chi connectivity index (χ4v) is 2.94. The van der Waals surface area contributed by atoms with E-state index >= 15 is 0 Å². The molecule has 6 heteroatoms. The molecule has 100 valence electrons. The van der Waals surface area contributed by atoms with E-state index < -0.39 is 0 Å². The first kappa shape index (κ1) is 13.6. The predicted molar refractivity (Wildman–Crippen MR) is 75.5 cm³/mol. The number of esters is 1. The van der Waals surface area contributed by atoms with E-state index in [1.165, 1.54) is 11.8 Å². The molecule has 0 amide bonds. The van der Waals surface area contributed by atoms with Crippen molar-refractivity contribution < 1.29 is 9.53 Å². The molecule has 0 saturated heterocycles. The highest BCUT2D eigenvalue weighted by Gasteiger charge is 2.31. The third-order valence-corrected chi connectivity index (χ3v) is 3.73. The van der Waals surface area contributed by atoms with E-state index in [1.807, 2.05) is 12.1 Å². The molecule has 1 aromatic rings. The van der Waals surface area contributed by atoms with Crippen molar-refractivity contribution in [2.75, 3.05) is 6.61 Å². The molecule has 2 N–H and O–H groups in total. The van der Waals surface area contributed by atoms with E-state index in [9.17, 15) is 4.79 Å². The normalized spacial score (nSPS) is 19.1. The molecule has 0 aliphatic carbocycles. The Balaban J connectivity index is 2.42. The molecule has 0 fully saturated rings. The number of carbonyl (C=O) groups excluding carboxylic acids is 1. The molecule has 1 aliphatic rings. The van der Waals surface area contributed by atoms with Gasteiger partial charge in [-0.05, 0) is 25.5 Å². The number of nitrogens with two attached hydrogens (primary N) is 1. The summed E-state index contributed by atoms with van der Waals surface area (Å²) in [5.74, 6) is -0.349. The maximum atomic E-state index is 12.1. The number of hydrogen-bond acceptors (Lipinski definition) is 6.